The van der Waals surface area contributed by atoms with Gasteiger partial charge in [0.2, 0.25) is 5.76 Å². The van der Waals surface area contributed by atoms with Crippen molar-refractivity contribution in [2.75, 3.05) is 13.2 Å². The number of hydrogen-bond donors (Lipinski definition) is 1. The molecule has 1 aromatic heterocycles. The van der Waals surface area contributed by atoms with Gasteiger partial charge in [0.1, 0.15) is 5.58 Å². The van der Waals surface area contributed by atoms with Gasteiger partial charge in [-0.25, -0.2) is 4.79 Å². The largest absolute Gasteiger partial charge is 0.450 e. The lowest BCUT2D eigenvalue weighted by Gasteiger charge is -2.22. The van der Waals surface area contributed by atoms with Crippen LogP contribution in [-0.2, 0) is 20.9 Å². The molecule has 0 unspecified atom stereocenters. The average Bonchev–Trinajstić information content (AvgIpc) is 3.04. The van der Waals surface area contributed by atoms with E-state index in [1.165, 1.54) is 6.42 Å². The number of para-hydroxylation sites is 1. The first-order chi connectivity index (χ1) is 12.7. The zero-order valence-electron chi connectivity index (χ0n) is 15.1. The fourth-order valence-electron chi connectivity index (χ4n) is 3.32. The van der Waals surface area contributed by atoms with Crippen LogP contribution in [0.4, 0.5) is 0 Å². The Morgan fingerprint density at radius 3 is 2.73 bits per heavy atom. The molecular formula is C20H25NO5. The molecule has 1 N–H and O–H groups in total. The van der Waals surface area contributed by atoms with Crippen molar-refractivity contribution in [1.82, 2.24) is 5.32 Å². The third-order valence-corrected chi connectivity index (χ3v) is 4.64. The lowest BCUT2D eigenvalue weighted by molar-refractivity contribution is -0.125. The van der Waals surface area contributed by atoms with E-state index in [4.69, 9.17) is 13.9 Å². The minimum Gasteiger partial charge on any atom is -0.450 e. The highest BCUT2D eigenvalue weighted by Gasteiger charge is 2.23. The number of benzene rings is 1. The van der Waals surface area contributed by atoms with Crippen LogP contribution in [0.2, 0.25) is 0 Å². The molecule has 1 amide bonds. The number of fused-ring (bicyclic) bond motifs is 1. The summed E-state index contributed by atoms with van der Waals surface area (Å²) >= 11 is 0. The topological polar surface area (TPSA) is 77.8 Å². The molecule has 26 heavy (non-hydrogen) atoms. The Labute approximate surface area is 152 Å². The highest BCUT2D eigenvalue weighted by atomic mass is 16.5. The summed E-state index contributed by atoms with van der Waals surface area (Å²) in [5.74, 6) is -0.812. The van der Waals surface area contributed by atoms with Crippen molar-refractivity contribution in [3.63, 3.8) is 0 Å². The van der Waals surface area contributed by atoms with Crippen molar-refractivity contribution in [3.8, 4) is 0 Å². The smallest absolute Gasteiger partial charge is 0.375 e. The summed E-state index contributed by atoms with van der Waals surface area (Å²) in [4.78, 5) is 24.5. The molecule has 1 aliphatic carbocycles. The molecule has 1 saturated carbocycles. The van der Waals surface area contributed by atoms with E-state index < -0.39 is 5.97 Å². The SMILES string of the molecule is CCOCc1c(C(=O)OCC(=O)NC2CCCCC2)oc2ccccc12. The maximum absolute atomic E-state index is 12.4. The van der Waals surface area contributed by atoms with Crippen LogP contribution in [0.25, 0.3) is 11.0 Å². The average molecular weight is 359 g/mol. The Bertz CT molecular complexity index is 761. The van der Waals surface area contributed by atoms with Crippen LogP contribution in [0.1, 0.15) is 55.1 Å². The maximum Gasteiger partial charge on any atom is 0.375 e. The first kappa shape index (κ1) is 18.5. The molecule has 140 valence electrons. The summed E-state index contributed by atoms with van der Waals surface area (Å²) in [6.45, 7) is 2.36. The molecule has 2 aromatic rings. The minimum atomic E-state index is -0.644. The third-order valence-electron chi connectivity index (χ3n) is 4.64. The van der Waals surface area contributed by atoms with Gasteiger partial charge < -0.3 is 19.2 Å². The molecule has 0 saturated heterocycles. The summed E-state index contributed by atoms with van der Waals surface area (Å²) in [6, 6.07) is 7.56. The second kappa shape index (κ2) is 8.85. The number of ether oxygens (including phenoxy) is 2. The van der Waals surface area contributed by atoms with Gasteiger partial charge in [-0.05, 0) is 25.8 Å². The Morgan fingerprint density at radius 2 is 1.96 bits per heavy atom. The zero-order chi connectivity index (χ0) is 18.4. The molecule has 0 aliphatic heterocycles. The number of amides is 1. The molecule has 1 heterocycles. The molecule has 1 aromatic carbocycles. The van der Waals surface area contributed by atoms with Gasteiger partial charge in [0.15, 0.2) is 6.61 Å². The van der Waals surface area contributed by atoms with Crippen molar-refractivity contribution in [2.24, 2.45) is 0 Å². The lowest BCUT2D eigenvalue weighted by atomic mass is 9.95. The number of nitrogens with one attached hydrogen (secondary N) is 1. The van der Waals surface area contributed by atoms with Gasteiger partial charge in [-0.15, -0.1) is 0 Å². The molecular weight excluding hydrogens is 334 g/mol. The standard InChI is InChI=1S/C20H25NO5/c1-2-24-12-16-15-10-6-7-11-17(15)26-19(16)20(23)25-13-18(22)21-14-8-4-3-5-9-14/h6-7,10-11,14H,2-5,8-9,12-13H2,1H3,(H,21,22). The summed E-state index contributed by atoms with van der Waals surface area (Å²) in [7, 11) is 0. The van der Waals surface area contributed by atoms with E-state index >= 15 is 0 Å². The first-order valence-electron chi connectivity index (χ1n) is 9.23. The monoisotopic (exact) mass is 359 g/mol. The normalized spacial score (nSPS) is 15.1. The van der Waals surface area contributed by atoms with Gasteiger partial charge in [-0.1, -0.05) is 37.5 Å². The summed E-state index contributed by atoms with van der Waals surface area (Å²) in [5.41, 5.74) is 1.25. The number of furan rings is 1. The van der Waals surface area contributed by atoms with Gasteiger partial charge in [0, 0.05) is 23.6 Å². The van der Waals surface area contributed by atoms with Crippen LogP contribution in [-0.4, -0.2) is 31.1 Å². The second-order valence-corrected chi connectivity index (χ2v) is 6.52. The zero-order valence-corrected chi connectivity index (χ0v) is 15.1. The van der Waals surface area contributed by atoms with E-state index in [0.717, 1.165) is 31.1 Å². The summed E-state index contributed by atoms with van der Waals surface area (Å²) in [6.07, 6.45) is 5.45. The van der Waals surface area contributed by atoms with E-state index in [9.17, 15) is 9.59 Å². The number of carbonyl (C=O) groups excluding carboxylic acids is 2. The van der Waals surface area contributed by atoms with E-state index in [1.807, 2.05) is 25.1 Å². The number of hydrogen-bond acceptors (Lipinski definition) is 5. The lowest BCUT2D eigenvalue weighted by Crippen LogP contribution is -2.38. The highest BCUT2D eigenvalue weighted by Crippen LogP contribution is 2.27. The summed E-state index contributed by atoms with van der Waals surface area (Å²) < 4.78 is 16.3. The van der Waals surface area contributed by atoms with Gasteiger partial charge in [-0.3, -0.25) is 4.79 Å². The van der Waals surface area contributed by atoms with Crippen LogP contribution in [0.5, 0.6) is 0 Å². The molecule has 0 spiro atoms. The molecule has 0 bridgehead atoms. The molecule has 3 rings (SSSR count). The first-order valence-corrected chi connectivity index (χ1v) is 9.23. The van der Waals surface area contributed by atoms with E-state index in [1.54, 1.807) is 6.07 Å². The molecule has 6 nitrogen and oxygen atoms in total. The van der Waals surface area contributed by atoms with Crippen LogP contribution >= 0.6 is 0 Å². The van der Waals surface area contributed by atoms with Gasteiger partial charge in [0.25, 0.3) is 5.91 Å². The van der Waals surface area contributed by atoms with Crippen molar-refractivity contribution in [1.29, 1.82) is 0 Å². The van der Waals surface area contributed by atoms with Crippen molar-refractivity contribution in [2.45, 2.75) is 51.7 Å². The molecule has 0 radical (unpaired) electrons. The summed E-state index contributed by atoms with van der Waals surface area (Å²) in [5, 5.41) is 3.75. The van der Waals surface area contributed by atoms with E-state index in [-0.39, 0.29) is 30.9 Å². The van der Waals surface area contributed by atoms with Crippen LogP contribution in [0, 0.1) is 0 Å². The molecule has 1 aliphatic rings. The van der Waals surface area contributed by atoms with Crippen LogP contribution in [0.15, 0.2) is 28.7 Å². The third kappa shape index (κ3) is 4.43. The van der Waals surface area contributed by atoms with E-state index in [2.05, 4.69) is 5.32 Å². The van der Waals surface area contributed by atoms with Crippen molar-refractivity contribution in [3.05, 3.63) is 35.6 Å². The van der Waals surface area contributed by atoms with Gasteiger partial charge >= 0.3 is 5.97 Å². The minimum absolute atomic E-state index is 0.102. The van der Waals surface area contributed by atoms with Crippen molar-refractivity contribution >= 4 is 22.8 Å². The van der Waals surface area contributed by atoms with Crippen LogP contribution < -0.4 is 5.32 Å². The van der Waals surface area contributed by atoms with Crippen LogP contribution in [0.3, 0.4) is 0 Å². The second-order valence-electron chi connectivity index (χ2n) is 6.52. The molecule has 6 heteroatoms. The number of esters is 1. The Hall–Kier alpha value is -2.34. The Balaban J connectivity index is 1.64. The molecule has 0 atom stereocenters. The van der Waals surface area contributed by atoms with Gasteiger partial charge in [0.05, 0.1) is 6.61 Å². The van der Waals surface area contributed by atoms with Crippen molar-refractivity contribution < 1.29 is 23.5 Å². The Morgan fingerprint density at radius 1 is 1.19 bits per heavy atom. The highest BCUT2D eigenvalue weighted by molar-refractivity contribution is 5.96. The Kier molecular flexibility index (Phi) is 6.28. The maximum atomic E-state index is 12.4. The quantitative estimate of drug-likeness (QED) is 0.765. The fraction of sp³-hybridized carbons (Fsp3) is 0.500. The molecule has 1 fully saturated rings. The predicted molar refractivity (Wildman–Crippen MR) is 96.8 cm³/mol. The fourth-order valence-corrected chi connectivity index (χ4v) is 3.32. The number of carbonyl (C=O) groups is 2. The van der Waals surface area contributed by atoms with Gasteiger partial charge in [-0.2, -0.15) is 0 Å². The predicted octanol–water partition coefficient (Wildman–Crippen LogP) is 3.58. The van der Waals surface area contributed by atoms with E-state index in [0.29, 0.717) is 17.8 Å². The number of rotatable bonds is 7.